The van der Waals surface area contributed by atoms with Crippen LogP contribution in [0.1, 0.15) is 83.1 Å². The molecule has 0 unspecified atom stereocenters. The van der Waals surface area contributed by atoms with Crippen LogP contribution in [-0.4, -0.2) is 13.0 Å². The molecule has 2 aromatic carbocycles. The summed E-state index contributed by atoms with van der Waals surface area (Å²) in [5.74, 6) is 0.449. The first-order valence-corrected chi connectivity index (χ1v) is 12.9. The van der Waals surface area contributed by atoms with Crippen molar-refractivity contribution in [3.63, 3.8) is 0 Å². The minimum absolute atomic E-state index is 0. The molecule has 0 aliphatic carbocycles. The maximum absolute atomic E-state index is 12.3. The Morgan fingerprint density at radius 2 is 1.34 bits per heavy atom. The molecule has 0 aliphatic rings. The predicted molar refractivity (Wildman–Crippen MR) is 122 cm³/mol. The van der Waals surface area contributed by atoms with Crippen LogP contribution in [0.4, 0.5) is 0 Å². The summed E-state index contributed by atoms with van der Waals surface area (Å²) in [6.07, 6.45) is 14.7. The van der Waals surface area contributed by atoms with E-state index in [0.717, 1.165) is 24.8 Å². The summed E-state index contributed by atoms with van der Waals surface area (Å²) in [6, 6.07) is 10.5. The molecule has 0 heterocycles. The van der Waals surface area contributed by atoms with Crippen molar-refractivity contribution in [1.29, 1.82) is 0 Å². The van der Waals surface area contributed by atoms with Crippen LogP contribution in [0.3, 0.4) is 0 Å². The zero-order valence-electron chi connectivity index (χ0n) is 19.5. The van der Waals surface area contributed by atoms with Crippen LogP contribution < -0.4 is 39.4 Å². The Bertz CT molecular complexity index is 882. The fraction of sp³-hybridized carbons (Fsp3) is 0.520. The summed E-state index contributed by atoms with van der Waals surface area (Å²) in [7, 11) is -4.26. The molecule has 0 saturated carbocycles. The number of ether oxygens (including phenoxy) is 1. The summed E-state index contributed by atoms with van der Waals surface area (Å²) in [5.41, 5.74) is 0.863. The Hall–Kier alpha value is -1.05. The predicted octanol–water partition coefficient (Wildman–Crippen LogP) is 3.66. The van der Waals surface area contributed by atoms with Crippen LogP contribution in [0, 0.1) is 0 Å². The molecule has 0 fully saturated rings. The van der Waals surface area contributed by atoms with Crippen LogP contribution in [0.2, 0.25) is 0 Å². The largest absolute Gasteiger partial charge is 1.00 e. The van der Waals surface area contributed by atoms with Gasteiger partial charge in [0.15, 0.2) is 0 Å². The van der Waals surface area contributed by atoms with Crippen molar-refractivity contribution in [3.05, 3.63) is 48.0 Å². The van der Waals surface area contributed by atoms with Gasteiger partial charge in [-0.25, -0.2) is 0 Å². The Morgan fingerprint density at radius 1 is 0.812 bits per heavy atom. The van der Waals surface area contributed by atoms with Gasteiger partial charge in [0.2, 0.25) is 0 Å². The summed E-state index contributed by atoms with van der Waals surface area (Å²) in [6.45, 7) is 2.24. The average molecular weight is 471 g/mol. The van der Waals surface area contributed by atoms with Gasteiger partial charge in [0, 0.05) is 0 Å². The summed E-state index contributed by atoms with van der Waals surface area (Å²) in [5, 5.41) is 12.3. The maximum atomic E-state index is 12.3. The van der Waals surface area contributed by atoms with Crippen molar-refractivity contribution in [2.75, 3.05) is 0 Å². The molecule has 0 amide bonds. The molecule has 0 saturated heterocycles. The molecule has 32 heavy (non-hydrogen) atoms. The zero-order chi connectivity index (χ0) is 22.5. The van der Waals surface area contributed by atoms with E-state index in [1.807, 2.05) is 6.07 Å². The molecule has 0 bridgehead atoms. The van der Waals surface area contributed by atoms with Gasteiger partial charge in [-0.15, -0.1) is 0 Å². The normalized spacial score (nSPS) is 11.2. The number of rotatable bonds is 15. The summed E-state index contributed by atoms with van der Waals surface area (Å²) < 4.78 is 37.2. The monoisotopic (exact) mass is 470 g/mol. The quantitative estimate of drug-likeness (QED) is 0.244. The van der Waals surface area contributed by atoms with E-state index in [4.69, 9.17) is 9.29 Å². The molecule has 0 spiro atoms. The van der Waals surface area contributed by atoms with Crippen molar-refractivity contribution in [1.82, 2.24) is 0 Å². The molecule has 0 aliphatic heterocycles. The second-order valence-electron chi connectivity index (χ2n) is 8.08. The number of aryl methyl sites for hydroxylation is 1. The molecule has 0 atom stereocenters. The molecule has 2 rings (SSSR count). The first-order valence-electron chi connectivity index (χ1n) is 11.5. The molecule has 2 aromatic rings. The van der Waals surface area contributed by atoms with Crippen molar-refractivity contribution in [2.45, 2.75) is 88.9 Å². The number of hydrogen-bond acceptors (Lipinski definition) is 4. The molecule has 5 nitrogen and oxygen atoms in total. The minimum atomic E-state index is -4.26. The second kappa shape index (κ2) is 15.7. The number of benzene rings is 2. The van der Waals surface area contributed by atoms with Gasteiger partial charge in [0.25, 0.3) is 10.1 Å². The fourth-order valence-corrected chi connectivity index (χ4v) is 4.13. The van der Waals surface area contributed by atoms with E-state index in [9.17, 15) is 13.5 Å². The third-order valence-corrected chi connectivity index (χ3v) is 6.32. The van der Waals surface area contributed by atoms with Crippen molar-refractivity contribution < 1.29 is 52.4 Å². The van der Waals surface area contributed by atoms with Gasteiger partial charge in [-0.3, -0.25) is 4.55 Å². The summed E-state index contributed by atoms with van der Waals surface area (Å²) in [4.78, 5) is -0.212. The van der Waals surface area contributed by atoms with E-state index in [0.29, 0.717) is 5.75 Å². The molecule has 1 N–H and O–H groups in total. The van der Waals surface area contributed by atoms with Gasteiger partial charge in [-0.05, 0) is 42.7 Å². The smallest absolute Gasteiger partial charge is 0.870 e. The van der Waals surface area contributed by atoms with E-state index in [1.165, 1.54) is 88.1 Å². The molecule has 172 valence electrons. The minimum Gasteiger partial charge on any atom is -0.870 e. The van der Waals surface area contributed by atoms with E-state index in [-0.39, 0.29) is 46.0 Å². The van der Waals surface area contributed by atoms with Gasteiger partial charge in [-0.1, -0.05) is 95.1 Å². The Balaban J connectivity index is 0.00000512. The van der Waals surface area contributed by atoms with Gasteiger partial charge in [-0.2, -0.15) is 8.42 Å². The van der Waals surface area contributed by atoms with Crippen LogP contribution in [0.5, 0.6) is 17.2 Å². The first-order chi connectivity index (χ1) is 14.9. The number of para-hydroxylation sites is 1. The fourth-order valence-electron chi connectivity index (χ4n) is 3.65. The van der Waals surface area contributed by atoms with Gasteiger partial charge >= 0.3 is 29.6 Å². The van der Waals surface area contributed by atoms with Crippen molar-refractivity contribution in [2.24, 2.45) is 0 Å². The topological polar surface area (TPSA) is 86.7 Å². The van der Waals surface area contributed by atoms with E-state index >= 15 is 0 Å². The first kappa shape index (κ1) is 29.0. The Kier molecular flexibility index (Phi) is 14.2. The standard InChI is InChI=1S/C25H36O5S.Na/c1-2-3-4-5-6-7-8-9-10-11-12-14-21-15-13-16-24(26)25(21)30-22-17-19-23(20-18-22)31(27,28)29;/h13,15-20,26H,2-12,14H2,1H3,(H,27,28,29);/q;+1/p-1. The van der Waals surface area contributed by atoms with Crippen LogP contribution in [0.25, 0.3) is 0 Å². The maximum Gasteiger partial charge on any atom is 1.00 e. The van der Waals surface area contributed by atoms with E-state index in [1.54, 1.807) is 6.07 Å². The third-order valence-electron chi connectivity index (χ3n) is 5.45. The van der Waals surface area contributed by atoms with Gasteiger partial charge < -0.3 is 9.84 Å². The molecule has 7 heteroatoms. The van der Waals surface area contributed by atoms with Crippen LogP contribution in [0.15, 0.2) is 47.4 Å². The van der Waals surface area contributed by atoms with Gasteiger partial charge in [0.1, 0.15) is 11.5 Å². The van der Waals surface area contributed by atoms with Crippen LogP contribution >= 0.6 is 0 Å². The number of unbranched alkanes of at least 4 members (excludes halogenated alkanes) is 10. The number of hydrogen-bond donors (Lipinski definition) is 1. The Morgan fingerprint density at radius 3 is 1.88 bits per heavy atom. The SMILES string of the molecule is CCCCCCCCCCCCCc1cccc([O-])c1Oc1ccc(S(=O)(=O)O)cc1.[Na+]. The summed E-state index contributed by atoms with van der Waals surface area (Å²) >= 11 is 0. The molecular formula is C25H35NaO5S. The van der Waals surface area contributed by atoms with Gasteiger partial charge in [0.05, 0.1) is 4.90 Å². The Labute approximate surface area is 215 Å². The third kappa shape index (κ3) is 10.7. The van der Waals surface area contributed by atoms with Crippen molar-refractivity contribution >= 4 is 10.1 Å². The molecule has 0 aromatic heterocycles. The second-order valence-corrected chi connectivity index (χ2v) is 9.50. The van der Waals surface area contributed by atoms with E-state index in [2.05, 4.69) is 6.92 Å². The van der Waals surface area contributed by atoms with Crippen LogP contribution in [-0.2, 0) is 16.5 Å². The molecule has 0 radical (unpaired) electrons. The van der Waals surface area contributed by atoms with Crippen molar-refractivity contribution in [3.8, 4) is 17.2 Å². The average Bonchev–Trinajstić information content (AvgIpc) is 2.74. The zero-order valence-corrected chi connectivity index (χ0v) is 22.3. The molecular weight excluding hydrogens is 435 g/mol. The van der Waals surface area contributed by atoms with E-state index < -0.39 is 10.1 Å².